The summed E-state index contributed by atoms with van der Waals surface area (Å²) < 4.78 is 40.2. The zero-order valence-electron chi connectivity index (χ0n) is 16.8. The highest BCUT2D eigenvalue weighted by Crippen LogP contribution is 2.40. The summed E-state index contributed by atoms with van der Waals surface area (Å²) in [5, 5.41) is 18.4. The summed E-state index contributed by atoms with van der Waals surface area (Å²) in [4.78, 5) is 27.3. The number of likely N-dealkylation sites (tertiary alicyclic amines) is 1. The molecular formula is C18H25F3N6O3. The van der Waals surface area contributed by atoms with E-state index in [1.54, 1.807) is 4.90 Å². The standard InChI is InChI=1S/C18H25F3N6O3/c1-12-8-15(28)26(9-12)17(11-27(29)30)4-2-13(3-5-17)24-6-7-25-14(10-24)22-23-16(25)18(19,20)21/h12-13H,2-11H2,1H3/t12?,13-,17+. The molecule has 2 fully saturated rings. The lowest BCUT2D eigenvalue weighted by atomic mass is 9.77. The summed E-state index contributed by atoms with van der Waals surface area (Å²) in [5.74, 6) is -0.504. The lowest BCUT2D eigenvalue weighted by Gasteiger charge is -2.46. The third-order valence-corrected chi connectivity index (χ3v) is 6.75. The van der Waals surface area contributed by atoms with Crippen molar-refractivity contribution in [3.63, 3.8) is 0 Å². The van der Waals surface area contributed by atoms with Gasteiger partial charge in [-0.05, 0) is 31.6 Å². The molecule has 1 saturated heterocycles. The minimum absolute atomic E-state index is 0.0199. The Labute approximate surface area is 171 Å². The Bertz CT molecular complexity index is 834. The first kappa shape index (κ1) is 21.0. The van der Waals surface area contributed by atoms with Crippen LogP contribution in [-0.2, 0) is 24.1 Å². The van der Waals surface area contributed by atoms with Crippen LogP contribution in [0, 0.1) is 16.0 Å². The lowest BCUT2D eigenvalue weighted by molar-refractivity contribution is -0.496. The second-order valence-corrected chi connectivity index (χ2v) is 8.82. The maximum atomic E-state index is 13.0. The topological polar surface area (TPSA) is 97.4 Å². The molecule has 30 heavy (non-hydrogen) atoms. The van der Waals surface area contributed by atoms with Crippen LogP contribution in [0.1, 0.15) is 50.7 Å². The summed E-state index contributed by atoms with van der Waals surface area (Å²) in [6.45, 7) is 3.14. The van der Waals surface area contributed by atoms with Gasteiger partial charge in [0.1, 0.15) is 11.4 Å². The zero-order valence-corrected chi connectivity index (χ0v) is 16.8. The van der Waals surface area contributed by atoms with Crippen LogP contribution in [0.15, 0.2) is 0 Å². The molecule has 1 saturated carbocycles. The molecule has 1 atom stereocenters. The molecule has 12 heteroatoms. The van der Waals surface area contributed by atoms with Crippen LogP contribution in [-0.4, -0.2) is 66.6 Å². The molecule has 166 valence electrons. The molecule has 1 aromatic rings. The van der Waals surface area contributed by atoms with Gasteiger partial charge in [-0.3, -0.25) is 19.8 Å². The Morgan fingerprint density at radius 2 is 1.93 bits per heavy atom. The maximum Gasteiger partial charge on any atom is 0.451 e. The number of aromatic nitrogens is 3. The normalized spacial score (nSPS) is 30.5. The fourth-order valence-corrected chi connectivity index (χ4v) is 5.30. The van der Waals surface area contributed by atoms with Crippen molar-refractivity contribution in [3.05, 3.63) is 21.8 Å². The number of alkyl halides is 3. The number of rotatable bonds is 4. The van der Waals surface area contributed by atoms with Gasteiger partial charge < -0.3 is 9.47 Å². The molecule has 3 aliphatic rings. The number of carbonyl (C=O) groups is 1. The first-order chi connectivity index (χ1) is 14.1. The van der Waals surface area contributed by atoms with Gasteiger partial charge in [0.2, 0.25) is 18.3 Å². The molecule has 0 bridgehead atoms. The van der Waals surface area contributed by atoms with Crippen LogP contribution in [0.5, 0.6) is 0 Å². The molecule has 1 amide bonds. The Balaban J connectivity index is 1.45. The smallest absolute Gasteiger partial charge is 0.330 e. The fraction of sp³-hybridized carbons (Fsp3) is 0.833. The summed E-state index contributed by atoms with van der Waals surface area (Å²) in [6.07, 6.45) is -1.74. The predicted molar refractivity (Wildman–Crippen MR) is 97.8 cm³/mol. The number of nitro groups is 1. The van der Waals surface area contributed by atoms with Crippen molar-refractivity contribution in [2.75, 3.05) is 19.6 Å². The van der Waals surface area contributed by atoms with Crippen LogP contribution in [0.2, 0.25) is 0 Å². The highest BCUT2D eigenvalue weighted by Gasteiger charge is 2.50. The number of amides is 1. The van der Waals surface area contributed by atoms with Gasteiger partial charge in [-0.15, -0.1) is 10.2 Å². The molecule has 1 aliphatic carbocycles. The summed E-state index contributed by atoms with van der Waals surface area (Å²) >= 11 is 0. The molecule has 3 heterocycles. The van der Waals surface area contributed by atoms with Gasteiger partial charge in [-0.2, -0.15) is 13.2 Å². The quantitative estimate of drug-likeness (QED) is 0.535. The van der Waals surface area contributed by atoms with Gasteiger partial charge in [0.05, 0.1) is 6.54 Å². The number of carbonyl (C=O) groups excluding carboxylic acids is 1. The zero-order chi connectivity index (χ0) is 21.7. The Kier molecular flexibility index (Phi) is 5.23. The van der Waals surface area contributed by atoms with Gasteiger partial charge in [-0.25, -0.2) is 0 Å². The summed E-state index contributed by atoms with van der Waals surface area (Å²) in [6, 6.07) is 0.0970. The number of fused-ring (bicyclic) bond motifs is 1. The van der Waals surface area contributed by atoms with E-state index in [4.69, 9.17) is 0 Å². The van der Waals surface area contributed by atoms with E-state index in [-0.39, 0.29) is 42.4 Å². The van der Waals surface area contributed by atoms with Crippen molar-refractivity contribution >= 4 is 5.91 Å². The van der Waals surface area contributed by atoms with Gasteiger partial charge >= 0.3 is 6.18 Å². The van der Waals surface area contributed by atoms with Crippen LogP contribution in [0.4, 0.5) is 13.2 Å². The Hall–Kier alpha value is -2.24. The predicted octanol–water partition coefficient (Wildman–Crippen LogP) is 1.94. The molecule has 0 aromatic carbocycles. The SMILES string of the molecule is CC1CC(=O)N([C@]2(C[N+](=O)[O-])CC[C@H](N3CCn4c(nnc4C(F)(F)F)C3)CC2)C1. The van der Waals surface area contributed by atoms with E-state index >= 15 is 0 Å². The highest BCUT2D eigenvalue weighted by molar-refractivity contribution is 5.79. The van der Waals surface area contributed by atoms with Crippen LogP contribution in [0.3, 0.4) is 0 Å². The average molecular weight is 430 g/mol. The number of nitrogens with zero attached hydrogens (tertiary/aromatic N) is 6. The van der Waals surface area contributed by atoms with Gasteiger partial charge in [0, 0.05) is 37.0 Å². The molecule has 0 spiro atoms. The monoisotopic (exact) mass is 430 g/mol. The van der Waals surface area contributed by atoms with E-state index in [0.29, 0.717) is 51.0 Å². The Morgan fingerprint density at radius 3 is 2.50 bits per heavy atom. The van der Waals surface area contributed by atoms with E-state index in [0.717, 1.165) is 4.57 Å². The molecule has 0 radical (unpaired) electrons. The maximum absolute atomic E-state index is 13.0. The van der Waals surface area contributed by atoms with Crippen molar-refractivity contribution in [2.24, 2.45) is 5.92 Å². The van der Waals surface area contributed by atoms with Gasteiger partial charge in [0.15, 0.2) is 0 Å². The number of hydrogen-bond acceptors (Lipinski definition) is 6. The highest BCUT2D eigenvalue weighted by atomic mass is 19.4. The van der Waals surface area contributed by atoms with E-state index in [2.05, 4.69) is 15.1 Å². The minimum atomic E-state index is -4.53. The van der Waals surface area contributed by atoms with E-state index in [9.17, 15) is 28.1 Å². The average Bonchev–Trinajstić information content (AvgIpc) is 3.24. The summed E-state index contributed by atoms with van der Waals surface area (Å²) in [5.41, 5.74) is -0.763. The number of hydrogen-bond donors (Lipinski definition) is 0. The molecule has 2 aliphatic heterocycles. The van der Waals surface area contributed by atoms with E-state index in [1.807, 2.05) is 6.92 Å². The molecule has 9 nitrogen and oxygen atoms in total. The molecular weight excluding hydrogens is 405 g/mol. The van der Waals surface area contributed by atoms with Gasteiger partial charge in [-0.1, -0.05) is 6.92 Å². The van der Waals surface area contributed by atoms with E-state index < -0.39 is 17.5 Å². The third-order valence-electron chi connectivity index (χ3n) is 6.75. The van der Waals surface area contributed by atoms with E-state index in [1.165, 1.54) is 0 Å². The van der Waals surface area contributed by atoms with Crippen LogP contribution >= 0.6 is 0 Å². The van der Waals surface area contributed by atoms with Crippen molar-refractivity contribution < 1.29 is 22.9 Å². The summed E-state index contributed by atoms with van der Waals surface area (Å²) in [7, 11) is 0. The minimum Gasteiger partial charge on any atom is -0.330 e. The largest absolute Gasteiger partial charge is 0.451 e. The van der Waals surface area contributed by atoms with Crippen LogP contribution in [0.25, 0.3) is 0 Å². The molecule has 1 unspecified atom stereocenters. The lowest BCUT2D eigenvalue weighted by Crippen LogP contribution is -2.58. The number of halogens is 3. The molecule has 0 N–H and O–H groups in total. The van der Waals surface area contributed by atoms with Crippen molar-refractivity contribution in [1.29, 1.82) is 0 Å². The fourth-order valence-electron chi connectivity index (χ4n) is 5.30. The first-order valence-corrected chi connectivity index (χ1v) is 10.2. The van der Waals surface area contributed by atoms with Crippen LogP contribution < -0.4 is 0 Å². The Morgan fingerprint density at radius 1 is 1.23 bits per heavy atom. The molecule has 4 rings (SSSR count). The molecule has 1 aromatic heterocycles. The second kappa shape index (κ2) is 7.47. The second-order valence-electron chi connectivity index (χ2n) is 8.82. The third kappa shape index (κ3) is 3.77. The van der Waals surface area contributed by atoms with Crippen molar-refractivity contribution in [1.82, 2.24) is 24.6 Å². The van der Waals surface area contributed by atoms with Gasteiger partial charge in [0.25, 0.3) is 0 Å². The van der Waals surface area contributed by atoms with Crippen molar-refractivity contribution in [2.45, 2.75) is 69.9 Å². The van der Waals surface area contributed by atoms with Crippen molar-refractivity contribution in [3.8, 4) is 0 Å². The first-order valence-electron chi connectivity index (χ1n) is 10.2.